The quantitative estimate of drug-likeness (QED) is 0.606. The van der Waals surface area contributed by atoms with Crippen molar-refractivity contribution in [3.63, 3.8) is 0 Å². The van der Waals surface area contributed by atoms with Gasteiger partial charge in [0.1, 0.15) is 0 Å². The maximum atomic E-state index is 10.6. The van der Waals surface area contributed by atoms with Crippen LogP contribution in [0.15, 0.2) is 66.9 Å². The molecule has 1 aromatic heterocycles. The van der Waals surface area contributed by atoms with Crippen LogP contribution in [0.4, 0.5) is 0 Å². The number of hydrogen-bond donors (Lipinski definition) is 1. The van der Waals surface area contributed by atoms with Crippen molar-refractivity contribution in [2.45, 2.75) is 36.7 Å². The Labute approximate surface area is 159 Å². The van der Waals surface area contributed by atoms with Gasteiger partial charge in [0.2, 0.25) is 0 Å². The van der Waals surface area contributed by atoms with E-state index in [1.807, 2.05) is 44.3 Å². The van der Waals surface area contributed by atoms with Gasteiger partial charge >= 0.3 is 159 Å². The molecule has 0 aliphatic heterocycles. The molecule has 3 aromatic rings. The molecule has 0 saturated carbocycles. The van der Waals surface area contributed by atoms with Crippen molar-refractivity contribution in [1.82, 2.24) is 4.98 Å². The molecule has 0 saturated heterocycles. The van der Waals surface area contributed by atoms with Crippen molar-refractivity contribution in [2.75, 3.05) is 0 Å². The second kappa shape index (κ2) is 7.01. The zero-order valence-corrected chi connectivity index (χ0v) is 18.3. The van der Waals surface area contributed by atoms with Gasteiger partial charge in [0.15, 0.2) is 0 Å². The van der Waals surface area contributed by atoms with Gasteiger partial charge in [-0.05, 0) is 0 Å². The summed E-state index contributed by atoms with van der Waals surface area (Å²) in [5.74, 6) is 7.13. The summed E-state index contributed by atoms with van der Waals surface area (Å²) in [6.45, 7) is 3.66. The van der Waals surface area contributed by atoms with Crippen molar-refractivity contribution in [2.24, 2.45) is 0 Å². The first-order valence-electron chi connectivity index (χ1n) is 9.05. The Kier molecular flexibility index (Phi) is 5.09. The predicted molar refractivity (Wildman–Crippen MR) is 113 cm³/mol. The molecule has 0 spiro atoms. The number of hydrogen-bond acceptors (Lipinski definition) is 2. The third-order valence-corrected chi connectivity index (χ3v) is 8.94. The van der Waals surface area contributed by atoms with Crippen LogP contribution in [-0.2, 0) is 5.60 Å². The molecule has 1 heterocycles. The van der Waals surface area contributed by atoms with Gasteiger partial charge in [-0.15, -0.1) is 0 Å². The van der Waals surface area contributed by atoms with E-state index < -0.39 is 18.9 Å². The fraction of sp³-hybridized carbons (Fsp3) is 0.261. The fourth-order valence-electron chi connectivity index (χ4n) is 3.10. The molecule has 0 atom stereocenters. The first kappa shape index (κ1) is 18.9. The molecule has 1 N–H and O–H groups in total. The molecule has 0 amide bonds. The van der Waals surface area contributed by atoms with Crippen molar-refractivity contribution in [3.8, 4) is 22.4 Å². The van der Waals surface area contributed by atoms with Gasteiger partial charge < -0.3 is 0 Å². The summed E-state index contributed by atoms with van der Waals surface area (Å²) in [6.07, 6.45) is 2.04. The Bertz CT molecular complexity index is 888. The SMILES string of the molecule is CC(C)(O)c1ccc(-c2cc[c]([Ge]([CH3])([CH3])[CH3])cn2)cc1-c1ccccc1. The Balaban J connectivity index is 2.10. The van der Waals surface area contributed by atoms with E-state index in [9.17, 15) is 5.11 Å². The summed E-state index contributed by atoms with van der Waals surface area (Å²) in [5, 5.41) is 10.6. The summed E-state index contributed by atoms with van der Waals surface area (Å²) >= 11 is -1.85. The number of benzene rings is 2. The van der Waals surface area contributed by atoms with E-state index in [-0.39, 0.29) is 0 Å². The molecule has 134 valence electrons. The van der Waals surface area contributed by atoms with Crippen LogP contribution >= 0.6 is 0 Å². The molecule has 2 nitrogen and oxygen atoms in total. The van der Waals surface area contributed by atoms with Gasteiger partial charge in [0.25, 0.3) is 0 Å². The first-order chi connectivity index (χ1) is 12.2. The molecule has 2 aromatic carbocycles. The molecule has 0 fully saturated rings. The summed E-state index contributed by atoms with van der Waals surface area (Å²) in [6, 6.07) is 20.8. The van der Waals surface area contributed by atoms with Gasteiger partial charge in [-0.1, -0.05) is 0 Å². The standard InChI is InChI=1S/C23H27GeNO/c1-23(2,26)21-13-11-18(15-20(21)17-9-7-6-8-10-17)22-14-12-19(16-25-22)24(3,4)5/h6-16,26H,1-5H3. The Morgan fingerprint density at radius 3 is 2.08 bits per heavy atom. The molecule has 0 bridgehead atoms. The van der Waals surface area contributed by atoms with Crippen LogP contribution < -0.4 is 4.40 Å². The van der Waals surface area contributed by atoms with Crippen molar-refractivity contribution < 1.29 is 5.11 Å². The van der Waals surface area contributed by atoms with Crippen LogP contribution in [0.2, 0.25) is 17.3 Å². The van der Waals surface area contributed by atoms with Gasteiger partial charge in [0, 0.05) is 0 Å². The van der Waals surface area contributed by atoms with Crippen LogP contribution in [0, 0.1) is 0 Å². The van der Waals surface area contributed by atoms with Gasteiger partial charge in [-0.3, -0.25) is 0 Å². The van der Waals surface area contributed by atoms with E-state index in [1.165, 1.54) is 4.40 Å². The average Bonchev–Trinajstić information content (AvgIpc) is 2.60. The molecule has 26 heavy (non-hydrogen) atoms. The van der Waals surface area contributed by atoms with E-state index >= 15 is 0 Å². The van der Waals surface area contributed by atoms with E-state index in [0.29, 0.717) is 0 Å². The van der Waals surface area contributed by atoms with E-state index in [2.05, 4.69) is 53.7 Å². The summed E-state index contributed by atoms with van der Waals surface area (Å²) in [7, 11) is 0. The van der Waals surface area contributed by atoms with Gasteiger partial charge in [-0.25, -0.2) is 0 Å². The van der Waals surface area contributed by atoms with E-state index in [1.54, 1.807) is 0 Å². The third kappa shape index (κ3) is 4.08. The van der Waals surface area contributed by atoms with E-state index in [0.717, 1.165) is 27.9 Å². The fourth-order valence-corrected chi connectivity index (χ4v) is 5.27. The molecule has 0 aliphatic carbocycles. The zero-order valence-electron chi connectivity index (χ0n) is 16.2. The van der Waals surface area contributed by atoms with E-state index in [4.69, 9.17) is 4.98 Å². The second-order valence-corrected chi connectivity index (χ2v) is 19.0. The molecule has 3 rings (SSSR count). The van der Waals surface area contributed by atoms with Crippen LogP contribution in [0.5, 0.6) is 0 Å². The molecule has 0 unspecified atom stereocenters. The van der Waals surface area contributed by atoms with Crippen LogP contribution in [0.25, 0.3) is 22.4 Å². The van der Waals surface area contributed by atoms with Crippen LogP contribution in [-0.4, -0.2) is 23.4 Å². The summed E-state index contributed by atoms with van der Waals surface area (Å²) in [4.78, 5) is 4.73. The van der Waals surface area contributed by atoms with Crippen LogP contribution in [0.1, 0.15) is 19.4 Å². The number of pyridine rings is 1. The molecule has 3 heteroatoms. The number of aliphatic hydroxyl groups is 1. The van der Waals surface area contributed by atoms with Gasteiger partial charge in [0.05, 0.1) is 0 Å². The minimum absolute atomic E-state index is 0.902. The molecular formula is C23H27GeNO. The maximum absolute atomic E-state index is 10.6. The summed E-state index contributed by atoms with van der Waals surface area (Å²) in [5.41, 5.74) is 4.22. The van der Waals surface area contributed by atoms with Gasteiger partial charge in [-0.2, -0.15) is 0 Å². The monoisotopic (exact) mass is 407 g/mol. The summed E-state index contributed by atoms with van der Waals surface area (Å²) < 4.78 is 1.41. The topological polar surface area (TPSA) is 33.1 Å². The Hall–Kier alpha value is -1.91. The minimum atomic E-state index is -1.85. The number of aromatic nitrogens is 1. The zero-order chi connectivity index (χ0) is 18.9. The Morgan fingerprint density at radius 1 is 0.846 bits per heavy atom. The molecule has 0 radical (unpaired) electrons. The molecule has 0 aliphatic rings. The predicted octanol–water partition coefficient (Wildman–Crippen LogP) is 5.19. The average molecular weight is 406 g/mol. The third-order valence-electron chi connectivity index (χ3n) is 4.69. The Morgan fingerprint density at radius 2 is 1.54 bits per heavy atom. The number of nitrogens with zero attached hydrogens (tertiary/aromatic N) is 1. The molecular weight excluding hydrogens is 379 g/mol. The second-order valence-electron chi connectivity index (χ2n) is 8.37. The first-order valence-corrected chi connectivity index (χ1v) is 16.4. The normalized spacial score (nSPS) is 12.2. The van der Waals surface area contributed by atoms with Crippen molar-refractivity contribution in [3.05, 3.63) is 72.4 Å². The van der Waals surface area contributed by atoms with Crippen LogP contribution in [0.3, 0.4) is 0 Å². The van der Waals surface area contributed by atoms with Crippen molar-refractivity contribution in [1.29, 1.82) is 0 Å². The number of rotatable bonds is 4. The van der Waals surface area contributed by atoms with Crippen molar-refractivity contribution >= 4 is 17.7 Å².